The molecule has 1 aliphatic heterocycles. The molecule has 11 heteroatoms. The van der Waals surface area contributed by atoms with Gasteiger partial charge in [-0.15, -0.1) is 0 Å². The fourth-order valence-corrected chi connectivity index (χ4v) is 5.21. The minimum absolute atomic E-state index is 0.0172. The molecule has 0 saturated carbocycles. The second-order valence-corrected chi connectivity index (χ2v) is 10.8. The Morgan fingerprint density at radius 3 is 2.35 bits per heavy atom. The number of benzene rings is 3. The normalized spacial score (nSPS) is 13.2. The number of carbonyl (C=O) groups is 2. The van der Waals surface area contributed by atoms with Crippen molar-refractivity contribution in [3.05, 3.63) is 106 Å². The van der Waals surface area contributed by atoms with Crippen molar-refractivity contribution in [1.29, 1.82) is 0 Å². The molecular weight excluding hydrogens is 607 g/mol. The Morgan fingerprint density at radius 1 is 0.930 bits per heavy atom. The summed E-state index contributed by atoms with van der Waals surface area (Å²) in [5.41, 5.74) is 3.09. The van der Waals surface area contributed by atoms with Gasteiger partial charge in [0.25, 0.3) is 5.91 Å². The number of hydrogen-bond donors (Lipinski definition) is 2. The highest BCUT2D eigenvalue weighted by molar-refractivity contribution is 7.80. The van der Waals surface area contributed by atoms with Gasteiger partial charge in [-0.05, 0) is 91.1 Å². The zero-order valence-corrected chi connectivity index (χ0v) is 25.5. The van der Waals surface area contributed by atoms with E-state index in [1.807, 2.05) is 29.2 Å². The van der Waals surface area contributed by atoms with E-state index in [0.29, 0.717) is 45.8 Å². The van der Waals surface area contributed by atoms with Crippen molar-refractivity contribution in [2.75, 3.05) is 43.5 Å². The van der Waals surface area contributed by atoms with E-state index in [1.165, 1.54) is 6.08 Å². The topological polar surface area (TPSA) is 87.0 Å². The average Bonchev–Trinajstić information content (AvgIpc) is 3.50. The number of carbonyl (C=O) groups excluding carboxylic acids is 2. The highest BCUT2D eigenvalue weighted by atomic mass is 35.5. The van der Waals surface area contributed by atoms with E-state index in [9.17, 15) is 9.59 Å². The summed E-state index contributed by atoms with van der Waals surface area (Å²) in [7, 11) is 1.60. The third kappa shape index (κ3) is 7.56. The maximum absolute atomic E-state index is 12.9. The molecule has 0 aliphatic carbocycles. The van der Waals surface area contributed by atoms with Gasteiger partial charge < -0.3 is 24.3 Å². The van der Waals surface area contributed by atoms with Gasteiger partial charge in [0.15, 0.2) is 5.11 Å². The lowest BCUT2D eigenvalue weighted by Gasteiger charge is -2.36. The molecule has 1 aromatic heterocycles. The summed E-state index contributed by atoms with van der Waals surface area (Å²) in [6.45, 7) is 2.70. The Labute approximate surface area is 264 Å². The summed E-state index contributed by atoms with van der Waals surface area (Å²) < 4.78 is 11.0. The van der Waals surface area contributed by atoms with E-state index < -0.39 is 5.91 Å². The van der Waals surface area contributed by atoms with Gasteiger partial charge >= 0.3 is 0 Å². The second-order valence-electron chi connectivity index (χ2n) is 9.63. The van der Waals surface area contributed by atoms with Crippen molar-refractivity contribution in [3.63, 3.8) is 0 Å². The summed E-state index contributed by atoms with van der Waals surface area (Å²) in [5, 5.41) is 6.64. The van der Waals surface area contributed by atoms with Crippen LogP contribution in [0.25, 0.3) is 17.4 Å². The van der Waals surface area contributed by atoms with Crippen molar-refractivity contribution >= 4 is 69.8 Å². The second kappa shape index (κ2) is 13.8. The predicted molar refractivity (Wildman–Crippen MR) is 175 cm³/mol. The summed E-state index contributed by atoms with van der Waals surface area (Å²) in [6, 6.07) is 23.7. The quantitative estimate of drug-likeness (QED) is 0.172. The first kappa shape index (κ1) is 30.2. The van der Waals surface area contributed by atoms with E-state index in [0.717, 1.165) is 30.2 Å². The maximum atomic E-state index is 12.9. The molecule has 1 saturated heterocycles. The van der Waals surface area contributed by atoms with Crippen LogP contribution in [-0.2, 0) is 4.79 Å². The number of piperazine rings is 1. The van der Waals surface area contributed by atoms with Crippen molar-refractivity contribution in [3.8, 4) is 17.1 Å². The molecule has 220 valence electrons. The molecule has 2 N–H and O–H groups in total. The average molecular weight is 636 g/mol. The van der Waals surface area contributed by atoms with Crippen molar-refractivity contribution in [1.82, 2.24) is 10.2 Å². The lowest BCUT2D eigenvalue weighted by molar-refractivity contribution is -0.115. The number of halogens is 2. The smallest absolute Gasteiger partial charge is 0.253 e. The van der Waals surface area contributed by atoms with Gasteiger partial charge in [-0.25, -0.2) is 0 Å². The first-order chi connectivity index (χ1) is 20.8. The molecule has 4 aromatic rings. The Hall–Kier alpha value is -4.31. The van der Waals surface area contributed by atoms with Gasteiger partial charge in [0, 0.05) is 54.8 Å². The zero-order valence-electron chi connectivity index (χ0n) is 23.2. The molecule has 8 nitrogen and oxygen atoms in total. The molecular formula is C32H28Cl2N4O4S. The SMILES string of the molecule is COc1ccc(C(=O)N2CCN(c3ccc(NC(=S)NC(=O)/C=C/c4ccc(-c5cccc(Cl)c5Cl)o4)cc3)CC2)cc1. The van der Waals surface area contributed by atoms with Crippen LogP contribution in [0.15, 0.2) is 89.4 Å². The van der Waals surface area contributed by atoms with Crippen LogP contribution in [0.5, 0.6) is 5.75 Å². The molecule has 5 rings (SSSR count). The lowest BCUT2D eigenvalue weighted by atomic mass is 10.1. The van der Waals surface area contributed by atoms with Crippen LogP contribution in [-0.4, -0.2) is 55.1 Å². The van der Waals surface area contributed by atoms with Crippen LogP contribution in [0.3, 0.4) is 0 Å². The van der Waals surface area contributed by atoms with E-state index >= 15 is 0 Å². The van der Waals surface area contributed by atoms with Crippen LogP contribution < -0.4 is 20.3 Å². The lowest BCUT2D eigenvalue weighted by Crippen LogP contribution is -2.48. The van der Waals surface area contributed by atoms with Gasteiger partial charge in [-0.1, -0.05) is 29.3 Å². The zero-order chi connectivity index (χ0) is 30.3. The Morgan fingerprint density at radius 2 is 1.65 bits per heavy atom. The molecule has 43 heavy (non-hydrogen) atoms. The molecule has 0 bridgehead atoms. The number of ether oxygens (including phenoxy) is 1. The van der Waals surface area contributed by atoms with Gasteiger partial charge in [0.1, 0.15) is 17.3 Å². The maximum Gasteiger partial charge on any atom is 0.253 e. The van der Waals surface area contributed by atoms with Crippen LogP contribution >= 0.6 is 35.4 Å². The number of furan rings is 1. The third-order valence-electron chi connectivity index (χ3n) is 6.87. The first-order valence-electron chi connectivity index (χ1n) is 13.4. The van der Waals surface area contributed by atoms with Crippen molar-refractivity contribution in [2.24, 2.45) is 0 Å². The summed E-state index contributed by atoms with van der Waals surface area (Å²) >= 11 is 17.7. The summed E-state index contributed by atoms with van der Waals surface area (Å²) in [6.07, 6.45) is 2.87. The van der Waals surface area contributed by atoms with Crippen LogP contribution in [0.1, 0.15) is 16.1 Å². The van der Waals surface area contributed by atoms with E-state index in [1.54, 1.807) is 67.8 Å². The highest BCUT2D eigenvalue weighted by Gasteiger charge is 2.22. The summed E-state index contributed by atoms with van der Waals surface area (Å²) in [5.74, 6) is 1.34. The standard InChI is InChI=1S/C32H28Cl2N4O4S/c1-41-24-11-5-21(6-12-24)31(40)38-19-17-37(18-20-38)23-9-7-22(8-10-23)35-32(43)36-29(39)16-14-25-13-15-28(42-25)26-3-2-4-27(33)30(26)34/h2-16H,17-20H2,1H3,(H2,35,36,39,43)/b16-14+. The largest absolute Gasteiger partial charge is 0.497 e. The van der Waals surface area contributed by atoms with Crippen molar-refractivity contribution in [2.45, 2.75) is 0 Å². The Bertz CT molecular complexity index is 1650. The fourth-order valence-electron chi connectivity index (χ4n) is 4.59. The Balaban J connectivity index is 1.08. The highest BCUT2D eigenvalue weighted by Crippen LogP contribution is 2.34. The number of rotatable bonds is 7. The van der Waals surface area contributed by atoms with E-state index in [2.05, 4.69) is 15.5 Å². The van der Waals surface area contributed by atoms with E-state index in [-0.39, 0.29) is 11.0 Å². The number of anilines is 2. The van der Waals surface area contributed by atoms with Gasteiger partial charge in [-0.3, -0.25) is 14.9 Å². The third-order valence-corrected chi connectivity index (χ3v) is 7.90. The fraction of sp³-hybridized carbons (Fsp3) is 0.156. The molecule has 0 atom stereocenters. The van der Waals surface area contributed by atoms with Crippen LogP contribution in [0.4, 0.5) is 11.4 Å². The van der Waals surface area contributed by atoms with Crippen molar-refractivity contribution < 1.29 is 18.7 Å². The van der Waals surface area contributed by atoms with Gasteiger partial charge in [0.2, 0.25) is 5.91 Å². The Kier molecular flexibility index (Phi) is 9.66. The molecule has 2 amide bonds. The molecule has 2 heterocycles. The molecule has 3 aromatic carbocycles. The molecule has 0 unspecified atom stereocenters. The van der Waals surface area contributed by atoms with Crippen LogP contribution in [0.2, 0.25) is 10.0 Å². The molecule has 1 aliphatic rings. The molecule has 0 spiro atoms. The predicted octanol–water partition coefficient (Wildman–Crippen LogP) is 6.75. The van der Waals surface area contributed by atoms with E-state index in [4.69, 9.17) is 44.6 Å². The minimum atomic E-state index is -0.407. The number of methoxy groups -OCH3 is 1. The number of hydrogen-bond acceptors (Lipinski definition) is 6. The van der Waals surface area contributed by atoms with Gasteiger partial charge in [0.05, 0.1) is 17.2 Å². The number of amides is 2. The number of nitrogens with one attached hydrogen (secondary N) is 2. The molecule has 0 radical (unpaired) electrons. The first-order valence-corrected chi connectivity index (χ1v) is 14.6. The number of nitrogens with zero attached hydrogens (tertiary/aromatic N) is 2. The monoisotopic (exact) mass is 634 g/mol. The molecule has 1 fully saturated rings. The summed E-state index contributed by atoms with van der Waals surface area (Å²) in [4.78, 5) is 29.3. The van der Waals surface area contributed by atoms with Gasteiger partial charge in [-0.2, -0.15) is 0 Å². The number of thiocarbonyl (C=S) groups is 1. The minimum Gasteiger partial charge on any atom is -0.497 e. The van der Waals surface area contributed by atoms with Crippen LogP contribution in [0, 0.1) is 0 Å².